The van der Waals surface area contributed by atoms with E-state index in [0.717, 1.165) is 5.82 Å². The van der Waals surface area contributed by atoms with Crippen LogP contribution < -0.4 is 0 Å². The number of alkyl halides is 1. The topological polar surface area (TPSA) is 17.8 Å². The molecule has 2 nitrogen and oxygen atoms in total. The molecule has 0 atom stereocenters. The van der Waals surface area contributed by atoms with E-state index in [1.54, 1.807) is 6.20 Å². The summed E-state index contributed by atoms with van der Waals surface area (Å²) in [5.41, 5.74) is -0.652. The highest BCUT2D eigenvalue weighted by Gasteiger charge is 2.39. The predicted molar refractivity (Wildman–Crippen MR) is 56.0 cm³/mol. The van der Waals surface area contributed by atoms with Gasteiger partial charge >= 0.3 is 0 Å². The molecule has 0 radical (unpaired) electrons. The normalized spacial score (nSPS) is 13.3. The Labute approximate surface area is 85.2 Å². The SMILES string of the molecule is Cc1nccn1C(C)(C)C(C)(C)CF. The third kappa shape index (κ3) is 1.56. The predicted octanol–water partition coefficient (Wildman–Crippen LogP) is 2.92. The van der Waals surface area contributed by atoms with E-state index in [9.17, 15) is 4.39 Å². The standard InChI is InChI=1S/C11H19FN2/c1-9-13-6-7-14(9)11(4,5)10(2,3)8-12/h6-7H,8H2,1-5H3. The summed E-state index contributed by atoms with van der Waals surface area (Å²) in [6, 6.07) is 0. The lowest BCUT2D eigenvalue weighted by Crippen LogP contribution is -2.43. The second-order valence-corrected chi connectivity index (χ2v) is 4.92. The van der Waals surface area contributed by atoms with Crippen molar-refractivity contribution in [3.05, 3.63) is 18.2 Å². The van der Waals surface area contributed by atoms with Gasteiger partial charge in [0.1, 0.15) is 5.82 Å². The lowest BCUT2D eigenvalue weighted by atomic mass is 9.75. The van der Waals surface area contributed by atoms with Gasteiger partial charge in [0.25, 0.3) is 0 Å². The van der Waals surface area contributed by atoms with Crippen LogP contribution in [0.2, 0.25) is 0 Å². The largest absolute Gasteiger partial charge is 0.329 e. The Morgan fingerprint density at radius 1 is 1.36 bits per heavy atom. The molecule has 80 valence electrons. The first-order valence-corrected chi connectivity index (χ1v) is 4.89. The molecule has 1 aromatic rings. The summed E-state index contributed by atoms with van der Waals surface area (Å²) in [5, 5.41) is 0. The molecule has 0 saturated heterocycles. The Morgan fingerprint density at radius 2 is 1.93 bits per heavy atom. The summed E-state index contributed by atoms with van der Waals surface area (Å²) in [4.78, 5) is 4.17. The third-order valence-corrected chi connectivity index (χ3v) is 3.42. The molecule has 0 aliphatic rings. The van der Waals surface area contributed by atoms with E-state index in [1.807, 2.05) is 45.4 Å². The highest BCUT2D eigenvalue weighted by molar-refractivity contribution is 5.01. The molecule has 14 heavy (non-hydrogen) atoms. The molecule has 1 aromatic heterocycles. The fourth-order valence-electron chi connectivity index (χ4n) is 1.46. The molecule has 0 aliphatic carbocycles. The van der Waals surface area contributed by atoms with Crippen molar-refractivity contribution in [2.75, 3.05) is 6.67 Å². The monoisotopic (exact) mass is 198 g/mol. The maximum atomic E-state index is 13.0. The van der Waals surface area contributed by atoms with Gasteiger partial charge in [-0.1, -0.05) is 13.8 Å². The first kappa shape index (κ1) is 11.2. The van der Waals surface area contributed by atoms with E-state index in [0.29, 0.717) is 0 Å². The molecular weight excluding hydrogens is 179 g/mol. The lowest BCUT2D eigenvalue weighted by Gasteiger charge is -2.41. The molecule has 0 aromatic carbocycles. The number of nitrogens with zero attached hydrogens (tertiary/aromatic N) is 2. The van der Waals surface area contributed by atoms with Crippen LogP contribution in [0.15, 0.2) is 12.4 Å². The van der Waals surface area contributed by atoms with Crippen molar-refractivity contribution in [1.82, 2.24) is 9.55 Å². The minimum Gasteiger partial charge on any atom is -0.329 e. The Hall–Kier alpha value is -0.860. The summed E-state index contributed by atoms with van der Waals surface area (Å²) in [6.07, 6.45) is 3.66. The Morgan fingerprint density at radius 3 is 2.29 bits per heavy atom. The zero-order chi connectivity index (χ0) is 11.0. The molecule has 3 heteroatoms. The molecule has 1 rings (SSSR count). The van der Waals surface area contributed by atoms with E-state index in [-0.39, 0.29) is 12.2 Å². The lowest BCUT2D eigenvalue weighted by molar-refractivity contribution is 0.0828. The third-order valence-electron chi connectivity index (χ3n) is 3.42. The van der Waals surface area contributed by atoms with E-state index < -0.39 is 5.41 Å². The van der Waals surface area contributed by atoms with Crippen LogP contribution in [0.25, 0.3) is 0 Å². The smallest absolute Gasteiger partial charge is 0.105 e. The molecule has 0 spiro atoms. The molecule has 0 amide bonds. The van der Waals surface area contributed by atoms with Gasteiger partial charge in [-0.05, 0) is 20.8 Å². The zero-order valence-electron chi connectivity index (χ0n) is 9.63. The first-order chi connectivity index (χ1) is 6.33. The van der Waals surface area contributed by atoms with Gasteiger partial charge in [0.05, 0.1) is 6.67 Å². The highest BCUT2D eigenvalue weighted by Crippen LogP contribution is 2.37. The van der Waals surface area contributed by atoms with Crippen LogP contribution in [0.1, 0.15) is 33.5 Å². The van der Waals surface area contributed by atoms with Gasteiger partial charge in [0.15, 0.2) is 0 Å². The van der Waals surface area contributed by atoms with Gasteiger partial charge in [-0.15, -0.1) is 0 Å². The van der Waals surface area contributed by atoms with Gasteiger partial charge in [0, 0.05) is 23.3 Å². The summed E-state index contributed by atoms with van der Waals surface area (Å²) in [6.45, 7) is 9.56. The molecule has 0 fully saturated rings. The number of imidazole rings is 1. The minimum atomic E-state index is -0.390. The van der Waals surface area contributed by atoms with E-state index >= 15 is 0 Å². The molecule has 0 N–H and O–H groups in total. The average molecular weight is 198 g/mol. The number of rotatable bonds is 3. The first-order valence-electron chi connectivity index (χ1n) is 4.89. The fourth-order valence-corrected chi connectivity index (χ4v) is 1.46. The fraction of sp³-hybridized carbons (Fsp3) is 0.727. The summed E-state index contributed by atoms with van der Waals surface area (Å²) < 4.78 is 15.0. The van der Waals surface area contributed by atoms with Crippen LogP contribution >= 0.6 is 0 Å². The number of halogens is 1. The molecular formula is C11H19FN2. The number of aromatic nitrogens is 2. The van der Waals surface area contributed by atoms with Crippen molar-refractivity contribution in [2.45, 2.75) is 40.2 Å². The number of aryl methyl sites for hydroxylation is 1. The van der Waals surface area contributed by atoms with Gasteiger partial charge in [-0.2, -0.15) is 0 Å². The summed E-state index contributed by atoms with van der Waals surface area (Å²) >= 11 is 0. The molecule has 0 unspecified atom stereocenters. The molecule has 0 saturated carbocycles. The molecule has 1 heterocycles. The second kappa shape index (κ2) is 3.37. The van der Waals surface area contributed by atoms with E-state index in [2.05, 4.69) is 4.98 Å². The Bertz CT molecular complexity index is 313. The van der Waals surface area contributed by atoms with Crippen molar-refractivity contribution in [2.24, 2.45) is 5.41 Å². The highest BCUT2D eigenvalue weighted by atomic mass is 19.1. The van der Waals surface area contributed by atoms with Gasteiger partial charge < -0.3 is 4.57 Å². The van der Waals surface area contributed by atoms with Crippen LogP contribution in [-0.2, 0) is 5.54 Å². The molecule has 0 aliphatic heterocycles. The van der Waals surface area contributed by atoms with Crippen LogP contribution in [-0.4, -0.2) is 16.2 Å². The Kier molecular flexibility index (Phi) is 2.70. The average Bonchev–Trinajstić information content (AvgIpc) is 2.51. The van der Waals surface area contributed by atoms with Crippen molar-refractivity contribution >= 4 is 0 Å². The minimum absolute atomic E-state index is 0.262. The van der Waals surface area contributed by atoms with Crippen molar-refractivity contribution in [1.29, 1.82) is 0 Å². The van der Waals surface area contributed by atoms with E-state index in [1.165, 1.54) is 0 Å². The number of hydrogen-bond donors (Lipinski definition) is 0. The second-order valence-electron chi connectivity index (χ2n) is 4.92. The maximum absolute atomic E-state index is 13.0. The van der Waals surface area contributed by atoms with Gasteiger partial charge in [-0.3, -0.25) is 4.39 Å². The van der Waals surface area contributed by atoms with Crippen molar-refractivity contribution in [3.63, 3.8) is 0 Å². The maximum Gasteiger partial charge on any atom is 0.105 e. The quantitative estimate of drug-likeness (QED) is 0.730. The zero-order valence-corrected chi connectivity index (χ0v) is 9.63. The van der Waals surface area contributed by atoms with Crippen molar-refractivity contribution < 1.29 is 4.39 Å². The Balaban J connectivity index is 3.14. The van der Waals surface area contributed by atoms with E-state index in [4.69, 9.17) is 0 Å². The van der Waals surface area contributed by atoms with Gasteiger partial charge in [-0.25, -0.2) is 4.98 Å². The van der Waals surface area contributed by atoms with Crippen LogP contribution in [0.5, 0.6) is 0 Å². The van der Waals surface area contributed by atoms with Crippen molar-refractivity contribution in [3.8, 4) is 0 Å². The van der Waals surface area contributed by atoms with Crippen LogP contribution in [0.3, 0.4) is 0 Å². The van der Waals surface area contributed by atoms with Crippen LogP contribution in [0.4, 0.5) is 4.39 Å². The van der Waals surface area contributed by atoms with Gasteiger partial charge in [0.2, 0.25) is 0 Å². The van der Waals surface area contributed by atoms with Crippen LogP contribution in [0, 0.1) is 12.3 Å². The summed E-state index contributed by atoms with van der Waals surface area (Å²) in [5.74, 6) is 0.927. The molecule has 0 bridgehead atoms. The summed E-state index contributed by atoms with van der Waals surface area (Å²) in [7, 11) is 0. The number of hydrogen-bond acceptors (Lipinski definition) is 1.